The molecule has 59 heavy (non-hydrogen) atoms. The number of anilines is 2. The van der Waals surface area contributed by atoms with Crippen LogP contribution in [0.25, 0.3) is 80.7 Å². The molecule has 0 spiro atoms. The molecule has 288 valence electrons. The summed E-state index contributed by atoms with van der Waals surface area (Å²) in [5, 5.41) is 7.71. The lowest BCUT2D eigenvalue weighted by Gasteiger charge is -2.43. The fourth-order valence-corrected chi connectivity index (χ4v) is 11.6. The van der Waals surface area contributed by atoms with Crippen LogP contribution in [0.3, 0.4) is 0 Å². The Morgan fingerprint density at radius 1 is 0.542 bits per heavy atom. The number of fused-ring (bicyclic) bond motifs is 16. The lowest BCUT2D eigenvalue weighted by Crippen LogP contribution is -2.60. The minimum atomic E-state index is -0.101. The van der Waals surface area contributed by atoms with Gasteiger partial charge in [-0.1, -0.05) is 129 Å². The standard InChI is InChI=1S/C54H47BN2OS/c1-52(2,3)30-18-22-33(23-19-30)57-41-25-21-32(54(7,8)9)27-38(41)46-47-35-15-11-13-17-45(35)59-51(47)48-37-26-31(53(4,5)6)20-24-40(37)56-42-29-44-36(34-14-10-12-16-43(34)58-44)28-39(42)55(57)49(46)50(48)56/h10-29H,1-9H3. The highest BCUT2D eigenvalue weighted by Gasteiger charge is 2.46. The monoisotopic (exact) mass is 782 g/mol. The van der Waals surface area contributed by atoms with Crippen molar-refractivity contribution in [1.29, 1.82) is 0 Å². The van der Waals surface area contributed by atoms with E-state index in [1.807, 2.05) is 11.3 Å². The molecular weight excluding hydrogens is 735 g/mol. The fraction of sp³-hybridized carbons (Fsp3) is 0.222. The Hall–Kier alpha value is -5.78. The molecule has 0 fully saturated rings. The van der Waals surface area contributed by atoms with Crippen molar-refractivity contribution in [3.8, 4) is 16.8 Å². The van der Waals surface area contributed by atoms with E-state index in [1.54, 1.807) is 0 Å². The molecule has 0 aliphatic carbocycles. The van der Waals surface area contributed by atoms with E-state index in [4.69, 9.17) is 4.42 Å². The average Bonchev–Trinajstić information content (AvgIpc) is 3.88. The van der Waals surface area contributed by atoms with E-state index in [-0.39, 0.29) is 23.1 Å². The van der Waals surface area contributed by atoms with Crippen LogP contribution < -0.4 is 15.7 Å². The second kappa shape index (κ2) is 11.5. The molecule has 2 aliphatic heterocycles. The van der Waals surface area contributed by atoms with Crippen LogP contribution in [-0.4, -0.2) is 11.4 Å². The normalized spacial score (nSPS) is 14.1. The number of aromatic nitrogens is 1. The SMILES string of the molecule is CC(C)(C)c1ccc(N2B3c4cc5c(cc4-n4c6ccc(C(C)(C)C)cc6c6c7sc8ccccc8c7c(c3c64)-c3cc(C(C)(C)C)ccc32)oc2ccccc25)cc1. The van der Waals surface area contributed by atoms with Gasteiger partial charge in [0.25, 0.3) is 0 Å². The predicted molar refractivity (Wildman–Crippen MR) is 256 cm³/mol. The van der Waals surface area contributed by atoms with Gasteiger partial charge in [-0.3, -0.25) is 0 Å². The van der Waals surface area contributed by atoms with Crippen LogP contribution in [-0.2, 0) is 16.2 Å². The molecule has 0 unspecified atom stereocenters. The van der Waals surface area contributed by atoms with E-state index in [2.05, 4.69) is 193 Å². The van der Waals surface area contributed by atoms with Crippen molar-refractivity contribution in [3.05, 3.63) is 138 Å². The molecule has 0 N–H and O–H groups in total. The van der Waals surface area contributed by atoms with Crippen molar-refractivity contribution < 1.29 is 4.42 Å². The maximum absolute atomic E-state index is 6.70. The molecule has 5 heteroatoms. The largest absolute Gasteiger partial charge is 0.456 e. The molecule has 10 aromatic rings. The summed E-state index contributed by atoms with van der Waals surface area (Å²) in [5.74, 6) is 0. The molecule has 0 saturated carbocycles. The molecule has 0 saturated heterocycles. The summed E-state index contributed by atoms with van der Waals surface area (Å²) < 4.78 is 12.0. The highest BCUT2D eigenvalue weighted by Crippen LogP contribution is 2.53. The van der Waals surface area contributed by atoms with Gasteiger partial charge in [-0.05, 0) is 98.0 Å². The van der Waals surface area contributed by atoms with Crippen molar-refractivity contribution in [3.63, 3.8) is 0 Å². The van der Waals surface area contributed by atoms with Gasteiger partial charge < -0.3 is 13.8 Å². The number of hydrogen-bond acceptors (Lipinski definition) is 3. The van der Waals surface area contributed by atoms with Gasteiger partial charge in [0.05, 0.1) is 11.0 Å². The summed E-state index contributed by atoms with van der Waals surface area (Å²) in [7, 11) is 0. The van der Waals surface area contributed by atoms with Gasteiger partial charge in [-0.25, -0.2) is 0 Å². The Balaban J connectivity index is 1.34. The highest BCUT2D eigenvalue weighted by atomic mass is 32.1. The first kappa shape index (κ1) is 35.2. The molecule has 5 heterocycles. The van der Waals surface area contributed by atoms with E-state index in [1.165, 1.54) is 97.8 Å². The third-order valence-corrected chi connectivity index (χ3v) is 14.6. The zero-order valence-electron chi connectivity index (χ0n) is 35.3. The summed E-state index contributed by atoms with van der Waals surface area (Å²) >= 11 is 1.96. The van der Waals surface area contributed by atoms with Gasteiger partial charge in [0.2, 0.25) is 0 Å². The van der Waals surface area contributed by atoms with Gasteiger partial charge >= 0.3 is 6.85 Å². The van der Waals surface area contributed by atoms with E-state index < -0.39 is 0 Å². The summed E-state index contributed by atoms with van der Waals surface area (Å²) in [6.45, 7) is 20.8. The summed E-state index contributed by atoms with van der Waals surface area (Å²) in [6, 6.07) is 46.5. The van der Waals surface area contributed by atoms with Crippen molar-refractivity contribution in [1.82, 2.24) is 4.57 Å². The number of benzene rings is 7. The van der Waals surface area contributed by atoms with E-state index in [9.17, 15) is 0 Å². The molecule has 7 aromatic carbocycles. The van der Waals surface area contributed by atoms with Crippen LogP contribution >= 0.6 is 11.3 Å². The van der Waals surface area contributed by atoms with Crippen molar-refractivity contribution >= 4 is 104 Å². The molecule has 0 atom stereocenters. The number of thiophene rings is 1. The topological polar surface area (TPSA) is 21.3 Å². The molecule has 0 bridgehead atoms. The number of furan rings is 1. The Morgan fingerprint density at radius 2 is 1.20 bits per heavy atom. The van der Waals surface area contributed by atoms with Gasteiger partial charge in [0, 0.05) is 70.4 Å². The quantitative estimate of drug-likeness (QED) is 0.155. The molecule has 0 amide bonds. The smallest absolute Gasteiger partial charge is 0.333 e. The fourth-order valence-electron chi connectivity index (χ4n) is 10.3. The van der Waals surface area contributed by atoms with Crippen LogP contribution in [0.4, 0.5) is 11.4 Å². The molecule has 12 rings (SSSR count). The van der Waals surface area contributed by atoms with E-state index >= 15 is 0 Å². The van der Waals surface area contributed by atoms with E-state index in [0.717, 1.165) is 21.9 Å². The maximum Gasteiger partial charge on any atom is 0.333 e. The lowest BCUT2D eigenvalue weighted by molar-refractivity contribution is 0.590. The van der Waals surface area contributed by atoms with Gasteiger partial charge in [0.1, 0.15) is 11.2 Å². The Labute approximate surface area is 350 Å². The summed E-state index contributed by atoms with van der Waals surface area (Å²) in [6.07, 6.45) is 0. The first-order chi connectivity index (χ1) is 28.2. The van der Waals surface area contributed by atoms with Crippen LogP contribution in [0.5, 0.6) is 0 Å². The summed E-state index contributed by atoms with van der Waals surface area (Å²) in [4.78, 5) is 2.67. The first-order valence-electron chi connectivity index (χ1n) is 21.1. The number of hydrogen-bond donors (Lipinski definition) is 0. The number of nitrogens with zero attached hydrogens (tertiary/aromatic N) is 2. The Kier molecular flexibility index (Phi) is 6.85. The molecule has 2 aliphatic rings. The van der Waals surface area contributed by atoms with Gasteiger partial charge in [-0.15, -0.1) is 11.3 Å². The van der Waals surface area contributed by atoms with Crippen LogP contribution in [0.1, 0.15) is 79.0 Å². The predicted octanol–water partition coefficient (Wildman–Crippen LogP) is 14.2. The van der Waals surface area contributed by atoms with Gasteiger partial charge in [-0.2, -0.15) is 0 Å². The minimum absolute atomic E-state index is 0.00449. The van der Waals surface area contributed by atoms with Crippen LogP contribution in [0.2, 0.25) is 0 Å². The second-order valence-corrected chi connectivity index (χ2v) is 21.2. The van der Waals surface area contributed by atoms with E-state index in [0.29, 0.717) is 0 Å². The molecule has 0 radical (unpaired) electrons. The molecular formula is C54H47BN2OS. The second-order valence-electron chi connectivity index (χ2n) is 20.2. The third kappa shape index (κ3) is 4.77. The third-order valence-electron chi connectivity index (χ3n) is 13.4. The highest BCUT2D eigenvalue weighted by molar-refractivity contribution is 7.27. The minimum Gasteiger partial charge on any atom is -0.456 e. The summed E-state index contributed by atoms with van der Waals surface area (Å²) in [5.41, 5.74) is 17.4. The molecule has 3 nitrogen and oxygen atoms in total. The number of para-hydroxylation sites is 1. The van der Waals surface area contributed by atoms with Crippen LogP contribution in [0, 0.1) is 0 Å². The average molecular weight is 783 g/mol. The Morgan fingerprint density at radius 3 is 1.95 bits per heavy atom. The molecule has 3 aromatic heterocycles. The zero-order chi connectivity index (χ0) is 40.5. The lowest BCUT2D eigenvalue weighted by atomic mass is 9.43. The zero-order valence-corrected chi connectivity index (χ0v) is 36.2. The maximum atomic E-state index is 6.70. The van der Waals surface area contributed by atoms with Crippen LogP contribution in [0.15, 0.2) is 126 Å². The number of rotatable bonds is 1. The van der Waals surface area contributed by atoms with Gasteiger partial charge in [0.15, 0.2) is 0 Å². The Bertz CT molecular complexity index is 3450. The van der Waals surface area contributed by atoms with Crippen molar-refractivity contribution in [2.45, 2.75) is 78.6 Å². The van der Waals surface area contributed by atoms with Crippen molar-refractivity contribution in [2.75, 3.05) is 4.81 Å². The first-order valence-corrected chi connectivity index (χ1v) is 21.9. The van der Waals surface area contributed by atoms with Crippen molar-refractivity contribution in [2.24, 2.45) is 0 Å².